The van der Waals surface area contributed by atoms with Crippen LogP contribution >= 0.6 is 0 Å². The lowest BCUT2D eigenvalue weighted by molar-refractivity contribution is 0.0981. The molecule has 2 aromatic rings. The molecule has 0 spiro atoms. The summed E-state index contributed by atoms with van der Waals surface area (Å²) < 4.78 is 36.0. The van der Waals surface area contributed by atoms with Crippen molar-refractivity contribution in [1.29, 1.82) is 5.41 Å². The number of allylic oxidation sites excluding steroid dienone is 1. The highest BCUT2D eigenvalue weighted by Crippen LogP contribution is 2.46. The molecular formula is C28H39N7O4S. The van der Waals surface area contributed by atoms with Crippen molar-refractivity contribution < 1.29 is 17.9 Å². The van der Waals surface area contributed by atoms with Gasteiger partial charge in [0.2, 0.25) is 5.88 Å². The minimum atomic E-state index is -4.29. The second kappa shape index (κ2) is 10.5. The monoisotopic (exact) mass is 569 g/mol. The summed E-state index contributed by atoms with van der Waals surface area (Å²) in [4.78, 5) is 20.0. The minimum absolute atomic E-state index is 0.131. The maximum atomic E-state index is 13.5. The molecule has 2 aliphatic carbocycles. The number of rotatable bonds is 9. The summed E-state index contributed by atoms with van der Waals surface area (Å²) in [5, 5.41) is 15.1. The van der Waals surface area contributed by atoms with E-state index in [4.69, 9.17) is 15.1 Å². The Labute approximate surface area is 235 Å². The summed E-state index contributed by atoms with van der Waals surface area (Å²) in [5.74, 6) is 2.35. The van der Waals surface area contributed by atoms with Crippen LogP contribution in [0.4, 0.5) is 5.82 Å². The zero-order valence-corrected chi connectivity index (χ0v) is 24.6. The average Bonchev–Trinajstić information content (AvgIpc) is 3.66. The molecule has 1 saturated heterocycles. The molecule has 3 aliphatic rings. The molecule has 12 heteroatoms. The number of pyridine rings is 1. The number of anilines is 1. The number of sulfonamides is 1. The van der Waals surface area contributed by atoms with Crippen LogP contribution in [0.1, 0.15) is 70.2 Å². The van der Waals surface area contributed by atoms with E-state index in [9.17, 15) is 13.2 Å². The van der Waals surface area contributed by atoms with Crippen LogP contribution in [0.3, 0.4) is 0 Å². The molecule has 5 rings (SSSR count). The first-order valence-corrected chi connectivity index (χ1v) is 15.4. The fraction of sp³-hybridized carbons (Fsp3) is 0.571. The number of hydrogen-bond acceptors (Lipinski definition) is 9. The highest BCUT2D eigenvalue weighted by molar-refractivity contribution is 7.94. The van der Waals surface area contributed by atoms with E-state index < -0.39 is 15.9 Å². The lowest BCUT2D eigenvalue weighted by atomic mass is 9.97. The normalized spacial score (nSPS) is 25.7. The summed E-state index contributed by atoms with van der Waals surface area (Å²) in [6.45, 7) is 8.33. The molecule has 3 fully saturated rings. The summed E-state index contributed by atoms with van der Waals surface area (Å²) in [7, 11) is -2.76. The molecule has 1 aliphatic heterocycles. The fourth-order valence-electron chi connectivity index (χ4n) is 6.64. The number of ether oxygens (including phenoxy) is 1. The van der Waals surface area contributed by atoms with Gasteiger partial charge in [0.1, 0.15) is 16.8 Å². The number of carbonyl (C=O) groups is 1. The second-order valence-corrected chi connectivity index (χ2v) is 13.7. The van der Waals surface area contributed by atoms with Gasteiger partial charge >= 0.3 is 0 Å². The van der Waals surface area contributed by atoms with Crippen LogP contribution in [0, 0.1) is 23.2 Å². The van der Waals surface area contributed by atoms with Gasteiger partial charge in [0.25, 0.3) is 15.9 Å². The largest absolute Gasteiger partial charge is 0.473 e. The van der Waals surface area contributed by atoms with Crippen molar-refractivity contribution in [3.63, 3.8) is 0 Å². The molecular weight excluding hydrogens is 530 g/mol. The first-order valence-electron chi connectivity index (χ1n) is 13.9. The van der Waals surface area contributed by atoms with E-state index >= 15 is 0 Å². The van der Waals surface area contributed by atoms with Crippen LogP contribution in [0.5, 0.6) is 5.88 Å². The zero-order chi connectivity index (χ0) is 28.8. The highest BCUT2D eigenvalue weighted by Gasteiger charge is 2.42. The first-order chi connectivity index (χ1) is 18.9. The zero-order valence-electron chi connectivity index (χ0n) is 23.8. The van der Waals surface area contributed by atoms with Crippen molar-refractivity contribution in [2.75, 3.05) is 18.5 Å². The van der Waals surface area contributed by atoms with E-state index in [0.717, 1.165) is 18.8 Å². The van der Waals surface area contributed by atoms with E-state index in [1.54, 1.807) is 23.0 Å². The Balaban J connectivity index is 1.46. The van der Waals surface area contributed by atoms with Gasteiger partial charge in [0.15, 0.2) is 5.82 Å². The van der Waals surface area contributed by atoms with Crippen molar-refractivity contribution in [3.8, 4) is 11.7 Å². The SMILES string of the molecule is CN/C=C(\C(C)=N)S(=O)(=O)NC(=O)c1ccc(-n2ccc(O[C@H]3C[C@@H]4CC[C@H]3C4)n2)nc1N1C[C@@H](C)CC1(C)C. The number of aromatic nitrogens is 3. The fourth-order valence-corrected chi connectivity index (χ4v) is 7.78. The summed E-state index contributed by atoms with van der Waals surface area (Å²) in [6, 6.07) is 5.06. The third-order valence-electron chi connectivity index (χ3n) is 8.34. The Bertz CT molecular complexity index is 1450. The van der Waals surface area contributed by atoms with Gasteiger partial charge in [0, 0.05) is 37.6 Å². The van der Waals surface area contributed by atoms with Crippen molar-refractivity contribution in [2.24, 2.45) is 17.8 Å². The molecule has 0 unspecified atom stereocenters. The Morgan fingerprint density at radius 3 is 2.60 bits per heavy atom. The molecule has 2 aromatic heterocycles. The number of nitrogens with zero attached hydrogens (tertiary/aromatic N) is 4. The van der Waals surface area contributed by atoms with Gasteiger partial charge in [-0.2, -0.15) is 0 Å². The van der Waals surface area contributed by atoms with Crippen molar-refractivity contribution >= 4 is 27.5 Å². The Kier molecular flexibility index (Phi) is 7.41. The molecule has 4 atom stereocenters. The smallest absolute Gasteiger partial charge is 0.268 e. The Morgan fingerprint density at radius 2 is 2.00 bits per heavy atom. The van der Waals surface area contributed by atoms with E-state index in [1.807, 2.05) is 6.07 Å². The predicted molar refractivity (Wildman–Crippen MR) is 153 cm³/mol. The van der Waals surface area contributed by atoms with Gasteiger partial charge in [0.05, 0.1) is 11.3 Å². The maximum absolute atomic E-state index is 13.5. The van der Waals surface area contributed by atoms with Gasteiger partial charge in [-0.1, -0.05) is 6.92 Å². The second-order valence-electron chi connectivity index (χ2n) is 12.1. The molecule has 3 N–H and O–H groups in total. The Hall–Kier alpha value is -3.41. The predicted octanol–water partition coefficient (Wildman–Crippen LogP) is 3.62. The van der Waals surface area contributed by atoms with Gasteiger partial charge in [-0.3, -0.25) is 4.79 Å². The quantitative estimate of drug-likeness (QED) is 0.389. The molecule has 0 radical (unpaired) electrons. The first kappa shape index (κ1) is 28.1. The molecule has 216 valence electrons. The van der Waals surface area contributed by atoms with E-state index in [1.165, 1.54) is 39.4 Å². The molecule has 0 aromatic carbocycles. The lowest BCUT2D eigenvalue weighted by Crippen LogP contribution is -2.41. The maximum Gasteiger partial charge on any atom is 0.268 e. The summed E-state index contributed by atoms with van der Waals surface area (Å²) in [6.07, 6.45) is 8.91. The highest BCUT2D eigenvalue weighted by atomic mass is 32.2. The number of fused-ring (bicyclic) bond motifs is 2. The molecule has 1 amide bonds. The third kappa shape index (κ3) is 5.45. The van der Waals surface area contributed by atoms with Gasteiger partial charge in [-0.15, -0.1) is 5.10 Å². The van der Waals surface area contributed by atoms with E-state index in [2.05, 4.69) is 40.8 Å². The van der Waals surface area contributed by atoms with E-state index in [-0.39, 0.29) is 27.8 Å². The molecule has 11 nitrogen and oxygen atoms in total. The third-order valence-corrected chi connectivity index (χ3v) is 9.80. The van der Waals surface area contributed by atoms with Crippen LogP contribution in [-0.4, -0.2) is 60.0 Å². The standard InChI is InChI=1S/C28H39N7O4S/c1-17-14-28(3,4)34(16-17)26-21(27(36)33-40(37,38)23(15-30-5)18(2)29)8-9-24(31-26)35-11-10-25(32-35)39-22-13-19-6-7-20(22)12-19/h8-11,15,17,19-20,22,29-30H,6-7,12-14,16H2,1-5H3,(H,33,36)/b23-15+,29-18?/t17-,19+,20-,22-/m0/s1. The molecule has 40 heavy (non-hydrogen) atoms. The van der Waals surface area contributed by atoms with Crippen LogP contribution in [0.25, 0.3) is 5.82 Å². The van der Waals surface area contributed by atoms with Crippen molar-refractivity contribution in [1.82, 2.24) is 24.8 Å². The van der Waals surface area contributed by atoms with Gasteiger partial charge in [-0.25, -0.2) is 22.8 Å². The van der Waals surface area contributed by atoms with Crippen LogP contribution in [0.15, 0.2) is 35.5 Å². The van der Waals surface area contributed by atoms with Gasteiger partial charge < -0.3 is 20.4 Å². The number of carbonyl (C=O) groups excluding carboxylic acids is 1. The van der Waals surface area contributed by atoms with Crippen molar-refractivity contribution in [2.45, 2.75) is 71.4 Å². The molecule has 2 bridgehead atoms. The van der Waals surface area contributed by atoms with Gasteiger partial charge in [-0.05, 0) is 82.8 Å². The van der Waals surface area contributed by atoms with Crippen molar-refractivity contribution in [3.05, 3.63) is 41.1 Å². The molecule has 3 heterocycles. The summed E-state index contributed by atoms with van der Waals surface area (Å²) in [5.41, 5.74) is -0.367. The number of nitrogens with one attached hydrogen (secondary N) is 3. The minimum Gasteiger partial charge on any atom is -0.473 e. The number of amides is 1. The van der Waals surface area contributed by atoms with Crippen LogP contribution in [0.2, 0.25) is 0 Å². The van der Waals surface area contributed by atoms with Crippen LogP contribution in [-0.2, 0) is 10.0 Å². The number of hydrogen-bond donors (Lipinski definition) is 3. The summed E-state index contributed by atoms with van der Waals surface area (Å²) >= 11 is 0. The Morgan fingerprint density at radius 1 is 1.23 bits per heavy atom. The van der Waals surface area contributed by atoms with Crippen LogP contribution < -0.4 is 19.7 Å². The van der Waals surface area contributed by atoms with E-state index in [0.29, 0.717) is 35.9 Å². The molecule has 2 saturated carbocycles. The topological polar surface area (TPSA) is 142 Å². The lowest BCUT2D eigenvalue weighted by Gasteiger charge is -2.34. The average molecular weight is 570 g/mol.